The van der Waals surface area contributed by atoms with Crippen molar-refractivity contribution in [3.63, 3.8) is 0 Å². The van der Waals surface area contributed by atoms with Gasteiger partial charge in [-0.25, -0.2) is 0 Å². The van der Waals surface area contributed by atoms with E-state index in [4.69, 9.17) is 19.9 Å². The monoisotopic (exact) mass is 603 g/mol. The van der Waals surface area contributed by atoms with Gasteiger partial charge in [0.2, 0.25) is 5.78 Å². The van der Waals surface area contributed by atoms with E-state index in [2.05, 4.69) is 0 Å². The highest BCUT2D eigenvalue weighted by Gasteiger charge is 2.49. The van der Waals surface area contributed by atoms with Crippen LogP contribution in [0.15, 0.2) is 48.5 Å². The number of ether oxygens (including phenoxy) is 3. The molecule has 6 N–H and O–H groups in total. The molecule has 0 amide bonds. The number of carbonyl (C=O) groups is 3. The fourth-order valence-corrected chi connectivity index (χ4v) is 6.34. The summed E-state index contributed by atoms with van der Waals surface area (Å²) in [7, 11) is 0. The Kier molecular flexibility index (Phi) is 7.55. The molecule has 11 heteroatoms. The van der Waals surface area contributed by atoms with Gasteiger partial charge in [0, 0.05) is 42.0 Å². The summed E-state index contributed by atoms with van der Waals surface area (Å²) in [5, 5.41) is 44.8. The standard InChI is InChI=1S/C33H33NO10/c1-15-28(36)20(34)11-23(43-15)44-22-13-33(41,16(2)35)12-19-25(22)32(40)27-26(30(19)38)29(37)18-9-6-10-21(24(18)31(27)39)42-14-17-7-4-3-5-8-17/h3-10,15,20,22-23,28,36,38,40-41H,11-14,34H2,1-2H3/t15-,20+,22+,23-,28+,33-/m0/s1. The Bertz CT molecular complexity index is 1660. The van der Waals surface area contributed by atoms with Gasteiger partial charge in [-0.3, -0.25) is 14.4 Å². The highest BCUT2D eigenvalue weighted by molar-refractivity contribution is 6.31. The van der Waals surface area contributed by atoms with Crippen molar-refractivity contribution < 1.29 is 49.0 Å². The number of fused-ring (bicyclic) bond motifs is 3. The molecule has 6 rings (SSSR count). The quantitative estimate of drug-likeness (QED) is 0.204. The van der Waals surface area contributed by atoms with Gasteiger partial charge in [-0.1, -0.05) is 42.5 Å². The highest BCUT2D eigenvalue weighted by atomic mass is 16.7. The maximum absolute atomic E-state index is 14.1. The predicted molar refractivity (Wildman–Crippen MR) is 155 cm³/mol. The topological polar surface area (TPSA) is 186 Å². The lowest BCUT2D eigenvalue weighted by Crippen LogP contribution is -2.52. The van der Waals surface area contributed by atoms with E-state index in [9.17, 15) is 34.8 Å². The van der Waals surface area contributed by atoms with E-state index in [1.165, 1.54) is 13.0 Å². The second kappa shape index (κ2) is 11.1. The molecule has 1 fully saturated rings. The van der Waals surface area contributed by atoms with Crippen LogP contribution in [0.4, 0.5) is 0 Å². The Morgan fingerprint density at radius 3 is 2.41 bits per heavy atom. The number of ketones is 3. The second-order valence-corrected chi connectivity index (χ2v) is 11.7. The zero-order chi connectivity index (χ0) is 31.5. The van der Waals surface area contributed by atoms with Crippen molar-refractivity contribution >= 4 is 17.3 Å². The van der Waals surface area contributed by atoms with Gasteiger partial charge in [-0.2, -0.15) is 0 Å². The molecule has 0 radical (unpaired) electrons. The lowest BCUT2D eigenvalue weighted by molar-refractivity contribution is -0.247. The third-order valence-corrected chi connectivity index (χ3v) is 8.82. The summed E-state index contributed by atoms with van der Waals surface area (Å²) in [5.74, 6) is -3.21. The zero-order valence-corrected chi connectivity index (χ0v) is 24.1. The fourth-order valence-electron chi connectivity index (χ4n) is 6.34. The molecule has 230 valence electrons. The van der Waals surface area contributed by atoms with Crippen LogP contribution in [0.25, 0.3) is 0 Å². The lowest BCUT2D eigenvalue weighted by Gasteiger charge is -2.42. The van der Waals surface area contributed by atoms with Crippen LogP contribution in [0, 0.1) is 0 Å². The molecule has 11 nitrogen and oxygen atoms in total. The molecule has 0 bridgehead atoms. The van der Waals surface area contributed by atoms with Crippen LogP contribution >= 0.6 is 0 Å². The molecule has 1 heterocycles. The third-order valence-electron chi connectivity index (χ3n) is 8.82. The van der Waals surface area contributed by atoms with Crippen LogP contribution in [0.1, 0.15) is 81.3 Å². The van der Waals surface area contributed by atoms with E-state index in [-0.39, 0.29) is 47.5 Å². The van der Waals surface area contributed by atoms with E-state index in [0.29, 0.717) is 0 Å². The van der Waals surface area contributed by atoms with E-state index in [1.807, 2.05) is 30.3 Å². The highest BCUT2D eigenvalue weighted by Crippen LogP contribution is 2.52. The summed E-state index contributed by atoms with van der Waals surface area (Å²) in [5.41, 5.74) is 3.79. The number of aliphatic hydroxyl groups is 2. The van der Waals surface area contributed by atoms with Crippen LogP contribution in [-0.2, 0) is 27.3 Å². The smallest absolute Gasteiger partial charge is 0.202 e. The van der Waals surface area contributed by atoms with Crippen molar-refractivity contribution in [2.24, 2.45) is 5.73 Å². The number of aliphatic hydroxyl groups excluding tert-OH is 1. The SMILES string of the molecule is CC(=O)[C@]1(O)Cc2c(O)c3c(c(O)c2[C@H](O[C@H]2C[C@@H](N)[C@H](O)[C@H](C)O2)C1)C(=O)c1c(OCc2ccccc2)cccc1C3=O. The molecule has 3 aromatic rings. The molecule has 44 heavy (non-hydrogen) atoms. The first kappa shape index (κ1) is 29.9. The minimum absolute atomic E-state index is 0.0229. The molecule has 0 unspecified atom stereocenters. The fraction of sp³-hybridized carbons (Fsp3) is 0.364. The number of benzene rings is 3. The summed E-state index contributed by atoms with van der Waals surface area (Å²) in [6.07, 6.45) is -4.62. The summed E-state index contributed by atoms with van der Waals surface area (Å²) in [6.45, 7) is 2.91. The molecule has 6 atom stereocenters. The normalized spacial score (nSPS) is 27.7. The number of nitrogens with two attached hydrogens (primary N) is 1. The molecular formula is C33H33NO10. The number of aromatic hydroxyl groups is 2. The number of hydrogen-bond acceptors (Lipinski definition) is 11. The molecule has 0 spiro atoms. The molecule has 3 aromatic carbocycles. The first-order chi connectivity index (χ1) is 20.9. The number of phenolic OH excluding ortho intramolecular Hbond substituents is 2. The minimum Gasteiger partial charge on any atom is -0.507 e. The Morgan fingerprint density at radius 1 is 1.02 bits per heavy atom. The average Bonchev–Trinajstić information content (AvgIpc) is 2.99. The minimum atomic E-state index is -2.02. The van der Waals surface area contributed by atoms with Crippen LogP contribution in [0.2, 0.25) is 0 Å². The third kappa shape index (κ3) is 4.86. The van der Waals surface area contributed by atoms with Crippen LogP contribution < -0.4 is 10.5 Å². The van der Waals surface area contributed by atoms with Crippen molar-refractivity contribution in [1.82, 2.24) is 0 Å². The van der Waals surface area contributed by atoms with Gasteiger partial charge in [0.25, 0.3) is 0 Å². The molecule has 0 aromatic heterocycles. The Morgan fingerprint density at radius 2 is 1.73 bits per heavy atom. The van der Waals surface area contributed by atoms with Crippen molar-refractivity contribution in [2.45, 2.75) is 76.0 Å². The summed E-state index contributed by atoms with van der Waals surface area (Å²) < 4.78 is 17.9. The second-order valence-electron chi connectivity index (χ2n) is 11.7. The molecule has 1 aliphatic heterocycles. The van der Waals surface area contributed by atoms with E-state index in [1.54, 1.807) is 19.1 Å². The van der Waals surface area contributed by atoms with Crippen molar-refractivity contribution in [1.29, 1.82) is 0 Å². The summed E-state index contributed by atoms with van der Waals surface area (Å²) in [6, 6.07) is 13.1. The first-order valence-electron chi connectivity index (χ1n) is 14.4. The summed E-state index contributed by atoms with van der Waals surface area (Å²) in [4.78, 5) is 40.5. The van der Waals surface area contributed by atoms with Gasteiger partial charge in [-0.15, -0.1) is 0 Å². The number of carbonyl (C=O) groups excluding carboxylic acids is 3. The predicted octanol–water partition coefficient (Wildman–Crippen LogP) is 2.60. The van der Waals surface area contributed by atoms with Gasteiger partial charge in [0.1, 0.15) is 29.5 Å². The van der Waals surface area contributed by atoms with Gasteiger partial charge in [0.15, 0.2) is 17.9 Å². The molecular weight excluding hydrogens is 570 g/mol. The zero-order valence-electron chi connectivity index (χ0n) is 24.1. The summed E-state index contributed by atoms with van der Waals surface area (Å²) >= 11 is 0. The maximum Gasteiger partial charge on any atom is 0.202 e. The van der Waals surface area contributed by atoms with E-state index < -0.39 is 82.6 Å². The first-order valence-corrected chi connectivity index (χ1v) is 14.4. The van der Waals surface area contributed by atoms with Gasteiger partial charge in [0.05, 0.1) is 35.0 Å². The lowest BCUT2D eigenvalue weighted by atomic mass is 9.72. The van der Waals surface area contributed by atoms with Gasteiger partial charge >= 0.3 is 0 Å². The van der Waals surface area contributed by atoms with Gasteiger partial charge < -0.3 is 40.4 Å². The molecule has 1 saturated heterocycles. The largest absolute Gasteiger partial charge is 0.507 e. The van der Waals surface area contributed by atoms with Crippen LogP contribution in [0.5, 0.6) is 17.2 Å². The average molecular weight is 604 g/mol. The molecule has 2 aliphatic carbocycles. The number of Topliss-reactive ketones (excluding diaryl/α,β-unsaturated/α-hetero) is 1. The Hall–Kier alpha value is -4.13. The molecule has 3 aliphatic rings. The van der Waals surface area contributed by atoms with Crippen molar-refractivity contribution in [2.75, 3.05) is 0 Å². The van der Waals surface area contributed by atoms with Crippen molar-refractivity contribution in [3.05, 3.63) is 87.5 Å². The van der Waals surface area contributed by atoms with E-state index in [0.717, 1.165) is 5.56 Å². The maximum atomic E-state index is 14.1. The van der Waals surface area contributed by atoms with Crippen molar-refractivity contribution in [3.8, 4) is 17.2 Å². The number of hydrogen-bond donors (Lipinski definition) is 5. The number of rotatable bonds is 6. The van der Waals surface area contributed by atoms with Gasteiger partial charge in [-0.05, 0) is 25.5 Å². The Balaban J connectivity index is 1.45. The van der Waals surface area contributed by atoms with Crippen LogP contribution in [0.3, 0.4) is 0 Å². The molecule has 0 saturated carbocycles. The number of phenols is 2. The van der Waals surface area contributed by atoms with E-state index >= 15 is 0 Å². The Labute approximate surface area is 252 Å². The van der Waals surface area contributed by atoms with Crippen LogP contribution in [-0.4, -0.2) is 67.9 Å².